The molecule has 3 rings (SSSR count). The molecule has 2 aromatic carbocycles. The van der Waals surface area contributed by atoms with Crippen molar-refractivity contribution in [2.24, 2.45) is 5.73 Å². The first-order valence-corrected chi connectivity index (χ1v) is 10.0. The van der Waals surface area contributed by atoms with Crippen molar-refractivity contribution in [1.82, 2.24) is 10.6 Å². The maximum Gasteiger partial charge on any atom is 0.312 e. The second kappa shape index (κ2) is 8.98. The predicted molar refractivity (Wildman–Crippen MR) is 104 cm³/mol. The van der Waals surface area contributed by atoms with Gasteiger partial charge in [0.25, 0.3) is 10.1 Å². The van der Waals surface area contributed by atoms with E-state index in [-0.39, 0.29) is 10.4 Å². The highest BCUT2D eigenvalue weighted by Crippen LogP contribution is 2.30. The number of nitrogens with one attached hydrogen (secondary N) is 2. The smallest absolute Gasteiger partial charge is 0.312 e. The van der Waals surface area contributed by atoms with Gasteiger partial charge >= 0.3 is 6.03 Å². The average molecular weight is 391 g/mol. The lowest BCUT2D eigenvalue weighted by Crippen LogP contribution is -2.53. The summed E-state index contributed by atoms with van der Waals surface area (Å²) in [6, 6.07) is 15.6. The van der Waals surface area contributed by atoms with Crippen LogP contribution in [0, 0.1) is 6.92 Å². The molecule has 5 N–H and O–H groups in total. The Hall–Kier alpha value is -2.42. The summed E-state index contributed by atoms with van der Waals surface area (Å²) in [6.45, 7) is 3.64. The van der Waals surface area contributed by atoms with Crippen LogP contribution in [0.1, 0.15) is 24.0 Å². The zero-order valence-corrected chi connectivity index (χ0v) is 16.0. The molecule has 0 saturated carbocycles. The molecule has 0 atom stereocenters. The van der Waals surface area contributed by atoms with Crippen LogP contribution in [0.3, 0.4) is 0 Å². The lowest BCUT2D eigenvalue weighted by atomic mass is 9.81. The van der Waals surface area contributed by atoms with Crippen LogP contribution in [-0.4, -0.2) is 32.1 Å². The quantitative estimate of drug-likeness (QED) is 0.598. The summed E-state index contributed by atoms with van der Waals surface area (Å²) < 4.78 is 29.6. The van der Waals surface area contributed by atoms with Gasteiger partial charge in [-0.15, -0.1) is 0 Å². The summed E-state index contributed by atoms with van der Waals surface area (Å²) in [5.41, 5.74) is 7.07. The lowest BCUT2D eigenvalue weighted by Gasteiger charge is -2.38. The van der Waals surface area contributed by atoms with E-state index in [1.807, 2.05) is 37.3 Å². The normalized spacial score (nSPS) is 15.9. The number of piperidine rings is 1. The molecule has 1 saturated heterocycles. The number of benzene rings is 2. The number of rotatable bonds is 3. The summed E-state index contributed by atoms with van der Waals surface area (Å²) >= 11 is 0. The number of hydrogen-bond acceptors (Lipinski definition) is 4. The van der Waals surface area contributed by atoms with Gasteiger partial charge in [-0.25, -0.2) is 4.79 Å². The molecule has 0 aromatic heterocycles. The van der Waals surface area contributed by atoms with Gasteiger partial charge in [-0.1, -0.05) is 48.0 Å². The van der Waals surface area contributed by atoms with Crippen molar-refractivity contribution in [3.8, 4) is 0 Å². The topological polar surface area (TPSA) is 122 Å². The average Bonchev–Trinajstić information content (AvgIpc) is 2.63. The van der Waals surface area contributed by atoms with Gasteiger partial charge in [0, 0.05) is 0 Å². The molecular weight excluding hydrogens is 366 g/mol. The largest absolute Gasteiger partial charge is 0.352 e. The molecule has 146 valence electrons. The molecule has 0 unspecified atom stereocenters. The number of aryl methyl sites for hydroxylation is 1. The molecule has 1 fully saturated rings. The Labute approximate surface area is 159 Å². The Kier molecular flexibility index (Phi) is 6.95. The van der Waals surface area contributed by atoms with E-state index in [0.29, 0.717) is 0 Å². The van der Waals surface area contributed by atoms with Gasteiger partial charge < -0.3 is 16.4 Å². The van der Waals surface area contributed by atoms with E-state index in [2.05, 4.69) is 10.6 Å². The molecule has 1 aliphatic rings. The van der Waals surface area contributed by atoms with Crippen LogP contribution in [-0.2, 0) is 15.7 Å². The first-order chi connectivity index (χ1) is 12.7. The zero-order chi connectivity index (χ0) is 19.9. The Morgan fingerprint density at radius 2 is 1.63 bits per heavy atom. The van der Waals surface area contributed by atoms with Crippen molar-refractivity contribution in [2.45, 2.75) is 30.2 Å². The Morgan fingerprint density at radius 1 is 1.07 bits per heavy atom. The van der Waals surface area contributed by atoms with Crippen LogP contribution < -0.4 is 16.4 Å². The van der Waals surface area contributed by atoms with Crippen LogP contribution in [0.4, 0.5) is 4.79 Å². The van der Waals surface area contributed by atoms with E-state index in [1.165, 1.54) is 12.1 Å². The summed E-state index contributed by atoms with van der Waals surface area (Å²) in [7, 11) is -4.02. The molecular formula is C19H25N3O4S. The molecule has 0 aliphatic carbocycles. The molecule has 7 nitrogen and oxygen atoms in total. The minimum absolute atomic E-state index is 0.0666. The van der Waals surface area contributed by atoms with E-state index in [1.54, 1.807) is 12.1 Å². The summed E-state index contributed by atoms with van der Waals surface area (Å²) in [6.07, 6.45) is 1.75. The first kappa shape index (κ1) is 20.9. The Morgan fingerprint density at radius 3 is 2.11 bits per heavy atom. The van der Waals surface area contributed by atoms with Crippen molar-refractivity contribution in [3.63, 3.8) is 0 Å². The van der Waals surface area contributed by atoms with Gasteiger partial charge in [0.05, 0.1) is 10.4 Å². The third-order valence-corrected chi connectivity index (χ3v) is 5.33. The van der Waals surface area contributed by atoms with E-state index >= 15 is 0 Å². The fraction of sp³-hybridized carbons (Fsp3) is 0.316. The van der Waals surface area contributed by atoms with Gasteiger partial charge in [-0.2, -0.15) is 8.42 Å². The number of carbonyl (C=O) groups excluding carboxylic acids is 1. The molecule has 1 heterocycles. The fourth-order valence-electron chi connectivity index (χ4n) is 3.04. The maximum absolute atomic E-state index is 11.1. The number of urea groups is 1. The number of amides is 2. The van der Waals surface area contributed by atoms with Gasteiger partial charge in [-0.05, 0) is 50.6 Å². The number of carbonyl (C=O) groups is 1. The number of nitrogens with two attached hydrogens (primary N) is 1. The van der Waals surface area contributed by atoms with Gasteiger partial charge in [-0.3, -0.25) is 4.55 Å². The fourth-order valence-corrected chi connectivity index (χ4v) is 3.52. The summed E-state index contributed by atoms with van der Waals surface area (Å²) in [5.74, 6) is 0. The van der Waals surface area contributed by atoms with Crippen LogP contribution >= 0.6 is 0 Å². The molecule has 0 bridgehead atoms. The number of hydrogen-bond donors (Lipinski definition) is 4. The van der Waals surface area contributed by atoms with E-state index in [0.717, 1.165) is 37.1 Å². The predicted octanol–water partition coefficient (Wildman–Crippen LogP) is 2.18. The monoisotopic (exact) mass is 391 g/mol. The van der Waals surface area contributed by atoms with Gasteiger partial charge in [0.1, 0.15) is 0 Å². The van der Waals surface area contributed by atoms with Crippen molar-refractivity contribution in [3.05, 3.63) is 65.7 Å². The highest BCUT2D eigenvalue weighted by atomic mass is 32.2. The molecule has 0 spiro atoms. The minimum atomic E-state index is -4.02. The third kappa shape index (κ3) is 6.06. The second-order valence-electron chi connectivity index (χ2n) is 6.48. The third-order valence-electron chi connectivity index (χ3n) is 4.46. The molecule has 1 aliphatic heterocycles. The van der Waals surface area contributed by atoms with Crippen molar-refractivity contribution >= 4 is 16.1 Å². The van der Waals surface area contributed by atoms with Crippen LogP contribution in [0.5, 0.6) is 0 Å². The molecule has 0 radical (unpaired) electrons. The standard InChI is InChI=1S/C12H17N3O.C7H8O3S/c13-11(16)15-12(6-8-14-9-7-12)10-4-2-1-3-5-10;1-6-2-4-7(5-3-6)11(8,9)10/h1-5,14H,6-9H2,(H3,13,15,16);2-5H,1H3,(H,8,9,10). The molecule has 8 heteroatoms. The number of primary amides is 1. The van der Waals surface area contributed by atoms with Gasteiger partial charge in [0.15, 0.2) is 0 Å². The van der Waals surface area contributed by atoms with E-state index < -0.39 is 16.1 Å². The van der Waals surface area contributed by atoms with Crippen molar-refractivity contribution in [1.29, 1.82) is 0 Å². The van der Waals surface area contributed by atoms with E-state index in [9.17, 15) is 13.2 Å². The Balaban J connectivity index is 0.000000208. The van der Waals surface area contributed by atoms with Crippen molar-refractivity contribution < 1.29 is 17.8 Å². The van der Waals surface area contributed by atoms with Crippen LogP contribution in [0.25, 0.3) is 0 Å². The van der Waals surface area contributed by atoms with Crippen LogP contribution in [0.15, 0.2) is 59.5 Å². The minimum Gasteiger partial charge on any atom is -0.352 e. The first-order valence-electron chi connectivity index (χ1n) is 8.61. The molecule has 27 heavy (non-hydrogen) atoms. The molecule has 2 amide bonds. The van der Waals surface area contributed by atoms with E-state index in [4.69, 9.17) is 10.3 Å². The maximum atomic E-state index is 11.1. The lowest BCUT2D eigenvalue weighted by molar-refractivity contribution is 0.214. The van der Waals surface area contributed by atoms with Crippen molar-refractivity contribution in [2.75, 3.05) is 13.1 Å². The second-order valence-corrected chi connectivity index (χ2v) is 7.90. The van der Waals surface area contributed by atoms with Crippen LogP contribution in [0.2, 0.25) is 0 Å². The Bertz CT molecular complexity index is 846. The van der Waals surface area contributed by atoms with Gasteiger partial charge in [0.2, 0.25) is 0 Å². The zero-order valence-electron chi connectivity index (χ0n) is 15.2. The summed E-state index contributed by atoms with van der Waals surface area (Å²) in [4.78, 5) is 11.1. The highest BCUT2D eigenvalue weighted by molar-refractivity contribution is 7.85. The highest BCUT2D eigenvalue weighted by Gasteiger charge is 2.34. The summed E-state index contributed by atoms with van der Waals surface area (Å²) in [5, 5.41) is 6.20. The molecule has 2 aromatic rings. The SMILES string of the molecule is Cc1ccc(S(=O)(=O)O)cc1.NC(=O)NC1(c2ccccc2)CCNCC1.